The zero-order valence-electron chi connectivity index (χ0n) is 11.3. The van der Waals surface area contributed by atoms with Gasteiger partial charge in [0.1, 0.15) is 0 Å². The van der Waals surface area contributed by atoms with Gasteiger partial charge in [-0.15, -0.1) is 5.10 Å². The first-order chi connectivity index (χ1) is 8.93. The van der Waals surface area contributed by atoms with Gasteiger partial charge in [0.25, 0.3) is 5.91 Å². The first-order valence-electron chi connectivity index (χ1n) is 5.73. The van der Waals surface area contributed by atoms with Crippen molar-refractivity contribution >= 4 is 11.8 Å². The van der Waals surface area contributed by atoms with Crippen LogP contribution >= 0.6 is 0 Å². The number of aromatic nitrogens is 3. The lowest BCUT2D eigenvalue weighted by Crippen LogP contribution is -2.35. The molecule has 106 valence electrons. The van der Waals surface area contributed by atoms with Crippen LogP contribution in [0.25, 0.3) is 0 Å². The predicted molar refractivity (Wildman–Crippen MR) is 67.9 cm³/mol. The molecule has 9 heteroatoms. The number of carbonyl (C=O) groups is 2. The normalized spacial score (nSPS) is 10.6. The van der Waals surface area contributed by atoms with Gasteiger partial charge in [-0.3, -0.25) is 24.6 Å². The Morgan fingerprint density at radius 1 is 1.42 bits per heavy atom. The van der Waals surface area contributed by atoms with Crippen LogP contribution in [0, 0.1) is 0 Å². The van der Waals surface area contributed by atoms with Gasteiger partial charge in [-0.2, -0.15) is 0 Å². The third kappa shape index (κ3) is 4.64. The summed E-state index contributed by atoms with van der Waals surface area (Å²) >= 11 is 0. The summed E-state index contributed by atoms with van der Waals surface area (Å²) < 4.78 is 1.53. The summed E-state index contributed by atoms with van der Waals surface area (Å²) in [6, 6.07) is 0. The maximum atomic E-state index is 11.5. The van der Waals surface area contributed by atoms with Crippen molar-refractivity contribution in [2.45, 2.75) is 6.54 Å². The monoisotopic (exact) mass is 269 g/mol. The van der Waals surface area contributed by atoms with E-state index in [2.05, 4.69) is 10.3 Å². The predicted octanol–water partition coefficient (Wildman–Crippen LogP) is -2.10. The van der Waals surface area contributed by atoms with Crippen molar-refractivity contribution in [3.05, 3.63) is 11.9 Å². The molecule has 0 aliphatic heterocycles. The first-order valence-corrected chi connectivity index (χ1v) is 5.73. The van der Waals surface area contributed by atoms with Crippen LogP contribution < -0.4 is 11.3 Å². The fourth-order valence-corrected chi connectivity index (χ4v) is 1.31. The van der Waals surface area contributed by atoms with E-state index < -0.39 is 5.91 Å². The zero-order valence-corrected chi connectivity index (χ0v) is 11.3. The topological polar surface area (TPSA) is 109 Å². The molecule has 9 nitrogen and oxygen atoms in total. The van der Waals surface area contributed by atoms with Crippen LogP contribution in [0.15, 0.2) is 6.20 Å². The number of rotatable bonds is 6. The molecule has 1 rings (SSSR count). The van der Waals surface area contributed by atoms with Gasteiger partial charge in [0.05, 0.1) is 19.3 Å². The number of nitrogens with zero attached hydrogens (tertiary/aromatic N) is 5. The molecule has 19 heavy (non-hydrogen) atoms. The van der Waals surface area contributed by atoms with Crippen LogP contribution in [-0.4, -0.2) is 70.8 Å². The Labute approximate surface area is 111 Å². The smallest absolute Gasteiger partial charge is 0.287 e. The second-order valence-electron chi connectivity index (χ2n) is 4.37. The molecule has 0 bridgehead atoms. The van der Waals surface area contributed by atoms with Crippen LogP contribution in [0.2, 0.25) is 0 Å². The van der Waals surface area contributed by atoms with Crippen molar-refractivity contribution < 1.29 is 9.59 Å². The summed E-state index contributed by atoms with van der Waals surface area (Å²) in [5.41, 5.74) is 2.14. The summed E-state index contributed by atoms with van der Waals surface area (Å²) in [6.45, 7) is 1.48. The van der Waals surface area contributed by atoms with Crippen molar-refractivity contribution in [3.63, 3.8) is 0 Å². The van der Waals surface area contributed by atoms with E-state index in [9.17, 15) is 9.59 Å². The molecule has 0 aliphatic carbocycles. The lowest BCUT2D eigenvalue weighted by molar-refractivity contribution is -0.129. The number of nitrogen functional groups attached to an aromatic ring is 1. The van der Waals surface area contributed by atoms with Crippen molar-refractivity contribution in [3.8, 4) is 0 Å². The summed E-state index contributed by atoms with van der Waals surface area (Å²) in [5, 5.41) is 7.48. The fraction of sp³-hybridized carbons (Fsp3) is 0.600. The molecule has 0 atom stereocenters. The minimum absolute atomic E-state index is 0.0317. The molecule has 2 amide bonds. The molecule has 1 aromatic heterocycles. The molecule has 0 radical (unpaired) electrons. The fourth-order valence-electron chi connectivity index (χ4n) is 1.31. The molecule has 1 aromatic rings. The number of hydrogen-bond donors (Lipinski definition) is 2. The zero-order chi connectivity index (χ0) is 14.4. The Kier molecular flexibility index (Phi) is 5.39. The molecule has 0 aliphatic rings. The minimum atomic E-state index is -0.484. The van der Waals surface area contributed by atoms with Crippen molar-refractivity contribution in [2.24, 2.45) is 5.84 Å². The highest BCUT2D eigenvalue weighted by Gasteiger charge is 2.11. The summed E-state index contributed by atoms with van der Waals surface area (Å²) in [7, 11) is 5.27. The third-order valence-corrected chi connectivity index (χ3v) is 2.52. The van der Waals surface area contributed by atoms with Crippen LogP contribution in [0.1, 0.15) is 10.5 Å². The van der Waals surface area contributed by atoms with Gasteiger partial charge in [-0.05, 0) is 7.05 Å². The van der Waals surface area contributed by atoms with E-state index in [1.807, 2.05) is 17.4 Å². The van der Waals surface area contributed by atoms with E-state index in [1.165, 1.54) is 15.8 Å². The standard InChI is InChI=1S/C10H19N7O2/c1-15(2)9(18)7-16(3)4-5-17-6-8(13-14-17)10(19)12-11/h6H,4-5,7,11H2,1-3H3,(H,12,19). The summed E-state index contributed by atoms with van der Waals surface area (Å²) in [6.07, 6.45) is 1.50. The number of nitrogens with one attached hydrogen (secondary N) is 1. The van der Waals surface area contributed by atoms with Gasteiger partial charge in [0.15, 0.2) is 5.69 Å². The van der Waals surface area contributed by atoms with E-state index >= 15 is 0 Å². The highest BCUT2D eigenvalue weighted by molar-refractivity contribution is 5.91. The molecule has 0 spiro atoms. The number of likely N-dealkylation sites (N-methyl/N-ethyl adjacent to an activating group) is 2. The second-order valence-corrected chi connectivity index (χ2v) is 4.37. The average Bonchev–Trinajstić information content (AvgIpc) is 2.84. The van der Waals surface area contributed by atoms with E-state index in [0.717, 1.165) is 0 Å². The Morgan fingerprint density at radius 3 is 2.68 bits per heavy atom. The van der Waals surface area contributed by atoms with Gasteiger partial charge in [0.2, 0.25) is 5.91 Å². The molecule has 3 N–H and O–H groups in total. The minimum Gasteiger partial charge on any atom is -0.348 e. The van der Waals surface area contributed by atoms with Gasteiger partial charge in [-0.1, -0.05) is 5.21 Å². The number of carbonyl (C=O) groups excluding carboxylic acids is 2. The molecule has 1 heterocycles. The maximum absolute atomic E-state index is 11.5. The van der Waals surface area contributed by atoms with E-state index in [1.54, 1.807) is 14.1 Å². The highest BCUT2D eigenvalue weighted by atomic mass is 16.2. The van der Waals surface area contributed by atoms with E-state index in [4.69, 9.17) is 5.84 Å². The van der Waals surface area contributed by atoms with Gasteiger partial charge in [0, 0.05) is 20.6 Å². The molecular formula is C10H19N7O2. The van der Waals surface area contributed by atoms with Crippen LogP contribution in [-0.2, 0) is 11.3 Å². The summed E-state index contributed by atoms with van der Waals surface area (Å²) in [5.74, 6) is 4.54. The van der Waals surface area contributed by atoms with Crippen molar-refractivity contribution in [1.29, 1.82) is 0 Å². The quantitative estimate of drug-likeness (QED) is 0.348. The van der Waals surface area contributed by atoms with Crippen molar-refractivity contribution in [2.75, 3.05) is 34.2 Å². The van der Waals surface area contributed by atoms with Crippen LogP contribution in [0.4, 0.5) is 0 Å². The van der Waals surface area contributed by atoms with E-state index in [-0.39, 0.29) is 11.6 Å². The van der Waals surface area contributed by atoms with Crippen molar-refractivity contribution in [1.82, 2.24) is 30.2 Å². The molecular weight excluding hydrogens is 250 g/mol. The third-order valence-electron chi connectivity index (χ3n) is 2.52. The average molecular weight is 269 g/mol. The molecule has 0 unspecified atom stereocenters. The molecule has 0 aromatic carbocycles. The lowest BCUT2D eigenvalue weighted by atomic mass is 10.4. The Bertz CT molecular complexity index is 443. The highest BCUT2D eigenvalue weighted by Crippen LogP contribution is 1.94. The van der Waals surface area contributed by atoms with Gasteiger partial charge in [-0.25, -0.2) is 5.84 Å². The Balaban J connectivity index is 2.42. The molecule has 0 fully saturated rings. The summed E-state index contributed by atoms with van der Waals surface area (Å²) in [4.78, 5) is 26.1. The number of hydrogen-bond acceptors (Lipinski definition) is 6. The van der Waals surface area contributed by atoms with Gasteiger partial charge < -0.3 is 4.90 Å². The van der Waals surface area contributed by atoms with Gasteiger partial charge >= 0.3 is 0 Å². The Hall–Kier alpha value is -2.00. The van der Waals surface area contributed by atoms with Crippen LogP contribution in [0.5, 0.6) is 0 Å². The van der Waals surface area contributed by atoms with Crippen LogP contribution in [0.3, 0.4) is 0 Å². The first kappa shape index (κ1) is 15.1. The SMILES string of the molecule is CN(CCn1cc(C(=O)NN)nn1)CC(=O)N(C)C. The second kappa shape index (κ2) is 6.81. The molecule has 0 saturated carbocycles. The van der Waals surface area contributed by atoms with E-state index in [0.29, 0.717) is 19.6 Å². The maximum Gasteiger partial charge on any atom is 0.287 e. The number of nitrogens with two attached hydrogens (primary N) is 1. The Morgan fingerprint density at radius 2 is 2.11 bits per heavy atom. The number of amides is 2. The molecule has 0 saturated heterocycles. The number of hydrazine groups is 1. The lowest BCUT2D eigenvalue weighted by Gasteiger charge is -2.18. The largest absolute Gasteiger partial charge is 0.348 e.